The maximum Gasteiger partial charge on any atom is 0.255 e. The average Bonchev–Trinajstić information content (AvgIpc) is 2.68. The highest BCUT2D eigenvalue weighted by molar-refractivity contribution is 9.11. The maximum absolute atomic E-state index is 11.7. The summed E-state index contributed by atoms with van der Waals surface area (Å²) >= 11 is 3.05. The zero-order valence-corrected chi connectivity index (χ0v) is 9.85. The molecule has 3 nitrogen and oxygen atoms in total. The molecule has 0 aliphatic rings. The van der Waals surface area contributed by atoms with Crippen LogP contribution in [0.1, 0.15) is 15.2 Å². The van der Waals surface area contributed by atoms with Crippen molar-refractivity contribution < 1.29 is 9.59 Å². The van der Waals surface area contributed by atoms with E-state index >= 15 is 0 Å². The number of fused-ring (bicyclic) bond motifs is 1. The van der Waals surface area contributed by atoms with Crippen LogP contribution in [0.4, 0.5) is 0 Å². The molecular formula is C12H8BrNO2. The Morgan fingerprint density at radius 2 is 2.06 bits per heavy atom. The minimum atomic E-state index is -0.193. The Labute approximate surface area is 100 Å². The number of para-hydroxylation sites is 1. The molecule has 0 atom stereocenters. The predicted octanol–water partition coefficient (Wildman–Crippen LogP) is 3.00. The van der Waals surface area contributed by atoms with Crippen molar-refractivity contribution in [3.05, 3.63) is 47.1 Å². The second kappa shape index (κ2) is 4.45. The van der Waals surface area contributed by atoms with Crippen molar-refractivity contribution in [1.29, 1.82) is 0 Å². The summed E-state index contributed by atoms with van der Waals surface area (Å²) in [6.45, 7) is 0. The largest absolute Gasteiger partial charge is 0.298 e. The molecule has 1 aromatic carbocycles. The zero-order chi connectivity index (χ0) is 11.5. The molecule has 80 valence electrons. The first-order chi connectivity index (χ1) is 7.77. The number of carbonyl (C=O) groups is 2. The van der Waals surface area contributed by atoms with E-state index in [9.17, 15) is 9.59 Å². The topological polar surface area (TPSA) is 39.1 Å². The van der Waals surface area contributed by atoms with Crippen molar-refractivity contribution in [3.63, 3.8) is 0 Å². The number of rotatable bonds is 2. The third-order valence-electron chi connectivity index (χ3n) is 2.31. The van der Waals surface area contributed by atoms with E-state index in [0.717, 1.165) is 17.2 Å². The summed E-state index contributed by atoms with van der Waals surface area (Å²) < 4.78 is 1.46. The number of hydrogen-bond donors (Lipinski definition) is 0. The first-order valence-electron chi connectivity index (χ1n) is 4.64. The fraction of sp³-hybridized carbons (Fsp3) is 0. The highest BCUT2D eigenvalue weighted by atomic mass is 79.9. The fourth-order valence-corrected chi connectivity index (χ4v) is 1.84. The van der Waals surface area contributed by atoms with Gasteiger partial charge in [-0.1, -0.05) is 34.1 Å². The van der Waals surface area contributed by atoms with Crippen LogP contribution >= 0.6 is 15.9 Å². The number of allylic oxidation sites excluding steroid dienone is 1. The molecule has 0 bridgehead atoms. The van der Waals surface area contributed by atoms with Crippen LogP contribution < -0.4 is 0 Å². The van der Waals surface area contributed by atoms with Crippen LogP contribution in [0.2, 0.25) is 0 Å². The van der Waals surface area contributed by atoms with E-state index in [1.54, 1.807) is 6.20 Å². The van der Waals surface area contributed by atoms with Gasteiger partial charge in [-0.15, -0.1) is 0 Å². The van der Waals surface area contributed by atoms with E-state index < -0.39 is 0 Å². The molecule has 16 heavy (non-hydrogen) atoms. The Balaban J connectivity index is 2.71. The van der Waals surface area contributed by atoms with Crippen LogP contribution in [-0.4, -0.2) is 16.8 Å². The average molecular weight is 278 g/mol. The van der Waals surface area contributed by atoms with Crippen LogP contribution in [0.5, 0.6) is 0 Å². The third-order valence-corrected chi connectivity index (χ3v) is 2.58. The van der Waals surface area contributed by atoms with Crippen LogP contribution in [-0.2, 0) is 0 Å². The number of nitrogens with zero attached hydrogens (tertiary/aromatic N) is 1. The molecule has 2 aromatic rings. The van der Waals surface area contributed by atoms with Crippen molar-refractivity contribution >= 4 is 39.0 Å². The van der Waals surface area contributed by atoms with Gasteiger partial charge in [0.15, 0.2) is 6.29 Å². The van der Waals surface area contributed by atoms with Gasteiger partial charge in [0.2, 0.25) is 0 Å². The lowest BCUT2D eigenvalue weighted by Gasteiger charge is -1.98. The van der Waals surface area contributed by atoms with Gasteiger partial charge in [-0.3, -0.25) is 14.2 Å². The monoisotopic (exact) mass is 277 g/mol. The Hall–Kier alpha value is -1.68. The summed E-state index contributed by atoms with van der Waals surface area (Å²) in [4.78, 5) is 24.1. The van der Waals surface area contributed by atoms with Gasteiger partial charge in [-0.2, -0.15) is 0 Å². The summed E-state index contributed by atoms with van der Waals surface area (Å²) in [7, 11) is 0. The number of halogens is 1. The summed E-state index contributed by atoms with van der Waals surface area (Å²) in [5.41, 5.74) is 1.26. The Kier molecular flexibility index (Phi) is 3.01. The van der Waals surface area contributed by atoms with E-state index in [1.165, 1.54) is 15.6 Å². The van der Waals surface area contributed by atoms with E-state index in [-0.39, 0.29) is 5.91 Å². The van der Waals surface area contributed by atoms with Gasteiger partial charge >= 0.3 is 0 Å². The number of aromatic nitrogens is 1. The quantitative estimate of drug-likeness (QED) is 0.625. The number of aldehydes is 1. The Morgan fingerprint density at radius 1 is 1.31 bits per heavy atom. The van der Waals surface area contributed by atoms with Crippen molar-refractivity contribution in [2.24, 2.45) is 0 Å². The number of carbonyl (C=O) groups excluding carboxylic acids is 2. The third kappa shape index (κ3) is 1.72. The molecule has 0 radical (unpaired) electrons. The Bertz CT molecular complexity index is 584. The maximum atomic E-state index is 11.7. The van der Waals surface area contributed by atoms with Crippen molar-refractivity contribution in [1.82, 2.24) is 4.57 Å². The van der Waals surface area contributed by atoms with Crippen LogP contribution in [0.15, 0.2) is 41.5 Å². The van der Waals surface area contributed by atoms with Gasteiger partial charge in [0.1, 0.15) is 0 Å². The van der Waals surface area contributed by atoms with E-state index in [2.05, 4.69) is 15.9 Å². The molecule has 1 heterocycles. The lowest BCUT2D eigenvalue weighted by molar-refractivity contribution is 0.0974. The van der Waals surface area contributed by atoms with E-state index in [0.29, 0.717) is 5.56 Å². The summed E-state index contributed by atoms with van der Waals surface area (Å²) in [6.07, 6.45) is 3.69. The molecular weight excluding hydrogens is 270 g/mol. The van der Waals surface area contributed by atoms with E-state index in [4.69, 9.17) is 0 Å². The standard InChI is InChI=1S/C12H8BrNO2/c13-6-5-12(16)14-7-9(8-15)10-3-1-2-4-11(10)14/h1-8H/b6-5-. The van der Waals surface area contributed by atoms with Gasteiger partial charge in [0.25, 0.3) is 5.91 Å². The van der Waals surface area contributed by atoms with E-state index in [1.807, 2.05) is 24.3 Å². The SMILES string of the molecule is O=Cc1cn(C(=O)/C=C\Br)c2ccccc12. The molecule has 0 aliphatic carbocycles. The normalized spacial score (nSPS) is 11.1. The highest BCUT2D eigenvalue weighted by Gasteiger charge is 2.10. The molecule has 0 unspecified atom stereocenters. The molecule has 0 aliphatic heterocycles. The first kappa shape index (κ1) is 10.8. The molecule has 0 saturated heterocycles. The molecule has 0 amide bonds. The van der Waals surface area contributed by atoms with Crippen LogP contribution in [0, 0.1) is 0 Å². The summed E-state index contributed by atoms with van der Waals surface area (Å²) in [5.74, 6) is -0.193. The van der Waals surface area contributed by atoms with Gasteiger partial charge in [-0.05, 0) is 11.1 Å². The molecule has 0 saturated carbocycles. The van der Waals surface area contributed by atoms with Crippen molar-refractivity contribution in [3.8, 4) is 0 Å². The predicted molar refractivity (Wildman–Crippen MR) is 66.0 cm³/mol. The lowest BCUT2D eigenvalue weighted by atomic mass is 10.2. The smallest absolute Gasteiger partial charge is 0.255 e. The molecule has 4 heteroatoms. The van der Waals surface area contributed by atoms with Gasteiger partial charge in [0, 0.05) is 23.2 Å². The molecule has 0 fully saturated rings. The summed E-state index contributed by atoms with van der Waals surface area (Å²) in [6, 6.07) is 7.30. The zero-order valence-electron chi connectivity index (χ0n) is 8.26. The van der Waals surface area contributed by atoms with Crippen molar-refractivity contribution in [2.45, 2.75) is 0 Å². The number of hydrogen-bond acceptors (Lipinski definition) is 2. The second-order valence-corrected chi connectivity index (χ2v) is 3.75. The molecule has 0 spiro atoms. The van der Waals surface area contributed by atoms with Gasteiger partial charge in [0.05, 0.1) is 5.52 Å². The van der Waals surface area contributed by atoms with Crippen LogP contribution in [0.25, 0.3) is 10.9 Å². The molecule has 2 rings (SSSR count). The van der Waals surface area contributed by atoms with Crippen LogP contribution in [0.3, 0.4) is 0 Å². The fourth-order valence-electron chi connectivity index (χ4n) is 1.62. The minimum Gasteiger partial charge on any atom is -0.298 e. The lowest BCUT2D eigenvalue weighted by Crippen LogP contribution is -2.04. The van der Waals surface area contributed by atoms with Crippen molar-refractivity contribution in [2.75, 3.05) is 0 Å². The first-order valence-corrected chi connectivity index (χ1v) is 5.56. The second-order valence-electron chi connectivity index (χ2n) is 3.22. The summed E-state index contributed by atoms with van der Waals surface area (Å²) in [5, 5.41) is 0.786. The molecule has 0 N–H and O–H groups in total. The number of benzene rings is 1. The Morgan fingerprint density at radius 3 is 2.75 bits per heavy atom. The van der Waals surface area contributed by atoms with Gasteiger partial charge in [-0.25, -0.2) is 0 Å². The van der Waals surface area contributed by atoms with Gasteiger partial charge < -0.3 is 0 Å². The minimum absolute atomic E-state index is 0.193. The molecule has 1 aromatic heterocycles. The highest BCUT2D eigenvalue weighted by Crippen LogP contribution is 2.19.